The van der Waals surface area contributed by atoms with E-state index in [1.54, 1.807) is 4.68 Å². The number of benzene rings is 1. The second kappa shape index (κ2) is 7.67. The third-order valence-electron chi connectivity index (χ3n) is 6.15. The van der Waals surface area contributed by atoms with Crippen LogP contribution in [0.2, 0.25) is 0 Å². The van der Waals surface area contributed by atoms with Crippen LogP contribution in [0.15, 0.2) is 48.9 Å². The van der Waals surface area contributed by atoms with Crippen molar-refractivity contribution in [3.63, 3.8) is 0 Å². The smallest absolute Gasteiger partial charge is 0.244 e. The molecule has 6 rings (SSSR count). The maximum atomic E-state index is 13.1. The Hall–Kier alpha value is -3.24. The van der Waals surface area contributed by atoms with Crippen molar-refractivity contribution in [2.75, 3.05) is 31.2 Å². The molecule has 0 spiro atoms. The number of pyridine rings is 1. The van der Waals surface area contributed by atoms with Gasteiger partial charge in [-0.2, -0.15) is 5.10 Å². The Morgan fingerprint density at radius 2 is 1.91 bits per heavy atom. The van der Waals surface area contributed by atoms with Crippen molar-refractivity contribution in [1.29, 1.82) is 0 Å². The summed E-state index contributed by atoms with van der Waals surface area (Å²) in [6, 6.07) is 12.0. The van der Waals surface area contributed by atoms with Crippen molar-refractivity contribution in [1.82, 2.24) is 23.7 Å². The van der Waals surface area contributed by atoms with Crippen molar-refractivity contribution < 1.29 is 13.2 Å². The van der Waals surface area contributed by atoms with Crippen molar-refractivity contribution in [2.45, 2.75) is 25.0 Å². The van der Waals surface area contributed by atoms with Crippen molar-refractivity contribution in [3.05, 3.63) is 54.5 Å². The average Bonchev–Trinajstić information content (AvgIpc) is 3.42. The number of anilines is 1. The first-order chi connectivity index (χ1) is 16.0. The van der Waals surface area contributed by atoms with Crippen molar-refractivity contribution in [3.8, 4) is 17.1 Å². The number of morpholine rings is 1. The van der Waals surface area contributed by atoms with Gasteiger partial charge >= 0.3 is 0 Å². The summed E-state index contributed by atoms with van der Waals surface area (Å²) >= 11 is 0. The van der Waals surface area contributed by atoms with E-state index in [1.807, 2.05) is 43.5 Å². The Morgan fingerprint density at radius 1 is 1.09 bits per heavy atom. The zero-order valence-electron chi connectivity index (χ0n) is 18.3. The quantitative estimate of drug-likeness (QED) is 0.448. The van der Waals surface area contributed by atoms with Crippen LogP contribution in [0.4, 0.5) is 5.69 Å². The van der Waals surface area contributed by atoms with Gasteiger partial charge in [0, 0.05) is 30.9 Å². The van der Waals surface area contributed by atoms with Crippen LogP contribution in [-0.2, 0) is 14.8 Å². The van der Waals surface area contributed by atoms with Gasteiger partial charge in [0.15, 0.2) is 11.5 Å². The van der Waals surface area contributed by atoms with Crippen LogP contribution in [0.5, 0.6) is 0 Å². The average molecular weight is 465 g/mol. The molecule has 0 N–H and O–H groups in total. The fourth-order valence-electron chi connectivity index (χ4n) is 4.23. The lowest BCUT2D eigenvalue weighted by atomic mass is 10.1. The maximum Gasteiger partial charge on any atom is 0.244 e. The number of imidazole rings is 1. The first-order valence-corrected chi connectivity index (χ1v) is 12.6. The minimum absolute atomic E-state index is 0.341. The van der Waals surface area contributed by atoms with Crippen molar-refractivity contribution in [2.24, 2.45) is 0 Å². The summed E-state index contributed by atoms with van der Waals surface area (Å²) in [4.78, 5) is 11.4. The van der Waals surface area contributed by atoms with Gasteiger partial charge in [0.1, 0.15) is 11.8 Å². The highest BCUT2D eigenvalue weighted by Gasteiger charge is 2.38. The first-order valence-electron chi connectivity index (χ1n) is 11.1. The maximum absolute atomic E-state index is 13.1. The molecule has 0 radical (unpaired) electrons. The molecule has 33 heavy (non-hydrogen) atoms. The number of aryl methyl sites for hydroxylation is 1. The van der Waals surface area contributed by atoms with E-state index in [2.05, 4.69) is 16.0 Å². The highest BCUT2D eigenvalue weighted by atomic mass is 32.2. The molecular formula is C23H24N6O3S. The van der Waals surface area contributed by atoms with E-state index in [-0.39, 0.29) is 5.25 Å². The fourth-order valence-corrected chi connectivity index (χ4v) is 5.83. The predicted octanol–water partition coefficient (Wildman–Crippen LogP) is 2.77. The number of aromatic nitrogens is 5. The molecule has 9 nitrogen and oxygen atoms in total. The minimum Gasteiger partial charge on any atom is -0.378 e. The molecule has 170 valence electrons. The lowest BCUT2D eigenvalue weighted by Crippen LogP contribution is -2.36. The molecule has 3 aromatic heterocycles. The number of nitrogens with zero attached hydrogens (tertiary/aromatic N) is 6. The number of hydrogen-bond acceptors (Lipinski definition) is 7. The topological polar surface area (TPSA) is 95.1 Å². The van der Waals surface area contributed by atoms with Crippen LogP contribution in [-0.4, -0.2) is 63.7 Å². The number of rotatable bonds is 5. The lowest BCUT2D eigenvalue weighted by molar-refractivity contribution is 0.123. The van der Waals surface area contributed by atoms with Gasteiger partial charge in [-0.3, -0.25) is 0 Å². The van der Waals surface area contributed by atoms with Gasteiger partial charge in [0.2, 0.25) is 10.0 Å². The molecule has 2 fully saturated rings. The van der Waals surface area contributed by atoms with Gasteiger partial charge in [-0.05, 0) is 31.9 Å². The standard InChI is InChI=1S/C23H24N6O3S/c1-16-3-2-4-17(13-16)19-7-8-28(26-19)21-14-20(27-9-11-32-12-10-27)22-23(25-21)29(15-24-22)33(30,31)18-5-6-18/h2-4,7-8,13-15,18H,5-6,9-12H2,1H3. The lowest BCUT2D eigenvalue weighted by Gasteiger charge is -2.29. The SMILES string of the molecule is Cc1cccc(-c2ccn(-c3cc(N4CCOCC4)c4ncn(S(=O)(=O)C5CC5)c4n3)n2)c1. The zero-order valence-corrected chi connectivity index (χ0v) is 19.1. The van der Waals surface area contributed by atoms with Crippen LogP contribution in [0.3, 0.4) is 0 Å². The van der Waals surface area contributed by atoms with Gasteiger partial charge in [-0.25, -0.2) is 27.0 Å². The summed E-state index contributed by atoms with van der Waals surface area (Å²) in [6.45, 7) is 4.67. The molecule has 0 amide bonds. The van der Waals surface area contributed by atoms with E-state index in [9.17, 15) is 8.42 Å². The molecule has 0 atom stereocenters. The fraction of sp³-hybridized carbons (Fsp3) is 0.348. The van der Waals surface area contributed by atoms with E-state index in [1.165, 1.54) is 10.3 Å². The molecule has 2 aliphatic rings. The molecule has 1 aliphatic carbocycles. The van der Waals surface area contributed by atoms with E-state index in [4.69, 9.17) is 14.8 Å². The summed E-state index contributed by atoms with van der Waals surface area (Å²) in [5.41, 5.74) is 4.77. The molecular weight excluding hydrogens is 440 g/mol. The Bertz CT molecular complexity index is 1450. The van der Waals surface area contributed by atoms with E-state index >= 15 is 0 Å². The Morgan fingerprint density at radius 3 is 2.67 bits per heavy atom. The second-order valence-electron chi connectivity index (χ2n) is 8.57. The third-order valence-corrected chi connectivity index (χ3v) is 8.28. The number of ether oxygens (including phenoxy) is 1. The molecule has 0 unspecified atom stereocenters. The zero-order chi connectivity index (χ0) is 22.6. The predicted molar refractivity (Wildman–Crippen MR) is 125 cm³/mol. The molecule has 4 aromatic rings. The Balaban J connectivity index is 1.50. The van der Waals surface area contributed by atoms with Gasteiger partial charge < -0.3 is 9.64 Å². The monoisotopic (exact) mass is 464 g/mol. The molecule has 10 heteroatoms. The molecule has 1 aromatic carbocycles. The van der Waals surface area contributed by atoms with Crippen molar-refractivity contribution >= 4 is 26.9 Å². The van der Waals surface area contributed by atoms with Gasteiger partial charge in [0.05, 0.1) is 29.8 Å². The van der Waals surface area contributed by atoms with Crippen LogP contribution in [0.1, 0.15) is 18.4 Å². The van der Waals surface area contributed by atoms with E-state index < -0.39 is 10.0 Å². The summed E-state index contributed by atoms with van der Waals surface area (Å²) in [6.07, 6.45) is 4.60. The molecule has 1 saturated carbocycles. The third kappa shape index (κ3) is 3.59. The normalized spacial score (nSPS) is 17.1. The first kappa shape index (κ1) is 20.4. The highest BCUT2D eigenvalue weighted by Crippen LogP contribution is 2.34. The van der Waals surface area contributed by atoms with Crippen LogP contribution >= 0.6 is 0 Å². The molecule has 4 heterocycles. The molecule has 0 bridgehead atoms. The van der Waals surface area contributed by atoms with Gasteiger partial charge in [0.25, 0.3) is 0 Å². The summed E-state index contributed by atoms with van der Waals surface area (Å²) in [5, 5.41) is 4.38. The summed E-state index contributed by atoms with van der Waals surface area (Å²) in [7, 11) is -3.52. The Labute approximate surface area is 191 Å². The highest BCUT2D eigenvalue weighted by molar-refractivity contribution is 7.91. The molecule has 1 saturated heterocycles. The van der Waals surface area contributed by atoms with E-state index in [0.717, 1.165) is 22.5 Å². The second-order valence-corrected chi connectivity index (χ2v) is 10.7. The van der Waals surface area contributed by atoms with Gasteiger partial charge in [-0.1, -0.05) is 23.8 Å². The van der Waals surface area contributed by atoms with Crippen LogP contribution in [0, 0.1) is 6.92 Å². The summed E-state index contributed by atoms with van der Waals surface area (Å²) in [5.74, 6) is 0.552. The Kier molecular flexibility index (Phi) is 4.73. The molecule has 1 aliphatic heterocycles. The number of hydrogen-bond donors (Lipinski definition) is 0. The largest absolute Gasteiger partial charge is 0.378 e. The van der Waals surface area contributed by atoms with Crippen LogP contribution < -0.4 is 4.90 Å². The number of fused-ring (bicyclic) bond motifs is 1. The minimum atomic E-state index is -3.52. The van der Waals surface area contributed by atoms with E-state index in [0.29, 0.717) is 56.1 Å². The summed E-state index contributed by atoms with van der Waals surface area (Å²) < 4.78 is 34.6. The van der Waals surface area contributed by atoms with Gasteiger partial charge in [-0.15, -0.1) is 0 Å². The van der Waals surface area contributed by atoms with Crippen LogP contribution in [0.25, 0.3) is 28.2 Å².